The first-order valence-corrected chi connectivity index (χ1v) is 11.5. The van der Waals surface area contributed by atoms with E-state index in [-0.39, 0.29) is 5.91 Å². The van der Waals surface area contributed by atoms with Crippen molar-refractivity contribution in [2.24, 2.45) is 7.05 Å². The van der Waals surface area contributed by atoms with Gasteiger partial charge < -0.3 is 19.2 Å². The lowest BCUT2D eigenvalue weighted by molar-refractivity contribution is 0.0769. The van der Waals surface area contributed by atoms with E-state index in [0.29, 0.717) is 42.3 Å². The molecule has 34 heavy (non-hydrogen) atoms. The minimum absolute atomic E-state index is 0.0113. The summed E-state index contributed by atoms with van der Waals surface area (Å²) in [5, 5.41) is 5.32. The number of carbonyl (C=O) groups excluding carboxylic acids is 1. The van der Waals surface area contributed by atoms with Gasteiger partial charge in [0, 0.05) is 33.2 Å². The second-order valence-corrected chi connectivity index (χ2v) is 8.65. The van der Waals surface area contributed by atoms with Crippen LogP contribution >= 0.6 is 0 Å². The largest absolute Gasteiger partial charge is 0.463 e. The van der Waals surface area contributed by atoms with Crippen molar-refractivity contribution in [3.8, 4) is 11.5 Å². The summed E-state index contributed by atoms with van der Waals surface area (Å²) in [6.07, 6.45) is 2.47. The van der Waals surface area contributed by atoms with Crippen molar-refractivity contribution in [3.63, 3.8) is 0 Å². The highest BCUT2D eigenvalue weighted by molar-refractivity contribution is 6.07. The van der Waals surface area contributed by atoms with Gasteiger partial charge in [0.2, 0.25) is 5.95 Å². The number of H-pyrrole nitrogens is 1. The van der Waals surface area contributed by atoms with Crippen LogP contribution in [0.25, 0.3) is 33.5 Å². The molecule has 1 N–H and O–H groups in total. The zero-order chi connectivity index (χ0) is 23.2. The van der Waals surface area contributed by atoms with Crippen LogP contribution in [0.1, 0.15) is 22.5 Å². The first-order chi connectivity index (χ1) is 16.6. The molecule has 0 saturated carbocycles. The van der Waals surface area contributed by atoms with Gasteiger partial charge in [0.05, 0.1) is 33.9 Å². The molecule has 1 amide bonds. The Bertz CT molecular complexity index is 1470. The fourth-order valence-corrected chi connectivity index (χ4v) is 4.76. The molecular formula is C25H25N7O2. The van der Waals surface area contributed by atoms with Gasteiger partial charge in [0.25, 0.3) is 5.91 Å². The molecule has 172 valence electrons. The molecule has 0 radical (unpaired) electrons. The topological polar surface area (TPSA) is 96.1 Å². The first kappa shape index (κ1) is 20.5. The SMILES string of the molecule is Cc1nn(C)c2nc(-c3ccco3)cc(C(=O)N3CCCN(c4nc5ccccc5[nH]4)CC3)c12. The number of anilines is 1. The number of imidazole rings is 1. The van der Waals surface area contributed by atoms with Crippen molar-refractivity contribution in [2.45, 2.75) is 13.3 Å². The number of pyridine rings is 1. The Morgan fingerprint density at radius 3 is 2.76 bits per heavy atom. The third-order valence-corrected chi connectivity index (χ3v) is 6.43. The molecule has 1 aliphatic heterocycles. The zero-order valence-corrected chi connectivity index (χ0v) is 19.2. The van der Waals surface area contributed by atoms with Crippen molar-refractivity contribution in [2.75, 3.05) is 31.1 Å². The van der Waals surface area contributed by atoms with E-state index in [1.165, 1.54) is 0 Å². The minimum Gasteiger partial charge on any atom is -0.463 e. The van der Waals surface area contributed by atoms with E-state index >= 15 is 0 Å². The number of benzene rings is 1. The van der Waals surface area contributed by atoms with Gasteiger partial charge in [-0.3, -0.25) is 9.48 Å². The second-order valence-electron chi connectivity index (χ2n) is 8.65. The van der Waals surface area contributed by atoms with Crippen LogP contribution in [-0.2, 0) is 7.05 Å². The summed E-state index contributed by atoms with van der Waals surface area (Å²) >= 11 is 0. The number of rotatable bonds is 3. The molecule has 0 bridgehead atoms. The van der Waals surface area contributed by atoms with E-state index in [4.69, 9.17) is 14.4 Å². The van der Waals surface area contributed by atoms with Crippen molar-refractivity contribution >= 4 is 33.9 Å². The van der Waals surface area contributed by atoms with Gasteiger partial charge in [-0.25, -0.2) is 9.97 Å². The number of aryl methyl sites for hydroxylation is 2. The van der Waals surface area contributed by atoms with Gasteiger partial charge >= 0.3 is 0 Å². The molecule has 0 aliphatic carbocycles. The summed E-state index contributed by atoms with van der Waals surface area (Å²) in [5.74, 6) is 1.47. The number of nitrogens with zero attached hydrogens (tertiary/aromatic N) is 6. The summed E-state index contributed by atoms with van der Waals surface area (Å²) in [4.78, 5) is 30.8. The zero-order valence-electron chi connectivity index (χ0n) is 19.2. The van der Waals surface area contributed by atoms with E-state index in [1.807, 2.05) is 61.3 Å². The Morgan fingerprint density at radius 1 is 1.06 bits per heavy atom. The predicted molar refractivity (Wildman–Crippen MR) is 130 cm³/mol. The maximum atomic E-state index is 13.8. The summed E-state index contributed by atoms with van der Waals surface area (Å²) in [6.45, 7) is 4.73. The number of para-hydroxylation sites is 2. The first-order valence-electron chi connectivity index (χ1n) is 11.5. The normalized spacial score (nSPS) is 14.8. The predicted octanol–water partition coefficient (Wildman–Crippen LogP) is 3.77. The van der Waals surface area contributed by atoms with Crippen LogP contribution in [0, 0.1) is 6.92 Å². The van der Waals surface area contributed by atoms with Crippen molar-refractivity contribution in [1.82, 2.24) is 29.6 Å². The number of nitrogens with one attached hydrogen (secondary N) is 1. The minimum atomic E-state index is -0.0113. The molecule has 0 spiro atoms. The number of amides is 1. The van der Waals surface area contributed by atoms with Crippen LogP contribution < -0.4 is 4.90 Å². The molecule has 1 fully saturated rings. The third kappa shape index (κ3) is 3.40. The van der Waals surface area contributed by atoms with Crippen LogP contribution in [0.2, 0.25) is 0 Å². The lowest BCUT2D eigenvalue weighted by atomic mass is 10.1. The number of furan rings is 1. The van der Waals surface area contributed by atoms with E-state index < -0.39 is 0 Å². The maximum Gasteiger partial charge on any atom is 0.254 e. The molecule has 9 nitrogen and oxygen atoms in total. The average Bonchev–Trinajstić information content (AvgIpc) is 3.54. The Labute approximate surface area is 196 Å². The molecule has 9 heteroatoms. The lowest BCUT2D eigenvalue weighted by Gasteiger charge is -2.22. The molecular weight excluding hydrogens is 430 g/mol. The highest BCUT2D eigenvalue weighted by Gasteiger charge is 2.26. The number of fused-ring (bicyclic) bond motifs is 2. The van der Waals surface area contributed by atoms with E-state index in [2.05, 4.69) is 15.0 Å². The molecule has 5 heterocycles. The quantitative estimate of drug-likeness (QED) is 0.445. The Hall–Kier alpha value is -4.14. The van der Waals surface area contributed by atoms with Crippen molar-refractivity contribution in [1.29, 1.82) is 0 Å². The molecule has 1 aliphatic rings. The van der Waals surface area contributed by atoms with Crippen LogP contribution in [0.3, 0.4) is 0 Å². The van der Waals surface area contributed by atoms with Gasteiger partial charge in [-0.15, -0.1) is 0 Å². The molecule has 5 aromatic rings. The van der Waals surface area contributed by atoms with Crippen LogP contribution in [0.15, 0.2) is 53.1 Å². The molecule has 0 unspecified atom stereocenters. The number of carbonyl (C=O) groups is 1. The monoisotopic (exact) mass is 455 g/mol. The van der Waals surface area contributed by atoms with E-state index in [1.54, 1.807) is 10.9 Å². The summed E-state index contributed by atoms with van der Waals surface area (Å²) in [5.41, 5.74) is 4.67. The average molecular weight is 456 g/mol. The third-order valence-electron chi connectivity index (χ3n) is 6.43. The summed E-state index contributed by atoms with van der Waals surface area (Å²) in [6, 6.07) is 13.5. The lowest BCUT2D eigenvalue weighted by Crippen LogP contribution is -2.35. The van der Waals surface area contributed by atoms with Gasteiger partial charge in [0.15, 0.2) is 11.4 Å². The Balaban J connectivity index is 1.32. The standard InChI is InChI=1S/C25H25N7O2/c1-16-22-17(15-20(21-9-5-14-34-21)26-23(22)30(2)29-16)24(33)31-10-6-11-32(13-12-31)25-27-18-7-3-4-8-19(18)28-25/h3-5,7-9,14-15H,6,10-13H2,1-2H3,(H,27,28). The second kappa shape index (κ2) is 8.02. The van der Waals surface area contributed by atoms with Gasteiger partial charge in [-0.1, -0.05) is 12.1 Å². The summed E-state index contributed by atoms with van der Waals surface area (Å²) < 4.78 is 7.29. The smallest absolute Gasteiger partial charge is 0.254 e. The highest BCUT2D eigenvalue weighted by atomic mass is 16.3. The van der Waals surface area contributed by atoms with Gasteiger partial charge in [0.1, 0.15) is 5.69 Å². The van der Waals surface area contributed by atoms with Crippen LogP contribution in [0.5, 0.6) is 0 Å². The number of aromatic amines is 1. The van der Waals surface area contributed by atoms with Gasteiger partial charge in [-0.05, 0) is 43.7 Å². The van der Waals surface area contributed by atoms with Gasteiger partial charge in [-0.2, -0.15) is 5.10 Å². The Morgan fingerprint density at radius 2 is 1.94 bits per heavy atom. The Kier molecular flexibility index (Phi) is 4.83. The summed E-state index contributed by atoms with van der Waals surface area (Å²) in [7, 11) is 1.85. The van der Waals surface area contributed by atoms with Crippen LogP contribution in [0.4, 0.5) is 5.95 Å². The van der Waals surface area contributed by atoms with E-state index in [9.17, 15) is 4.79 Å². The van der Waals surface area contributed by atoms with Crippen LogP contribution in [-0.4, -0.2) is 61.7 Å². The van der Waals surface area contributed by atoms with Crippen molar-refractivity contribution in [3.05, 3.63) is 60.0 Å². The highest BCUT2D eigenvalue weighted by Crippen LogP contribution is 2.28. The van der Waals surface area contributed by atoms with Crippen molar-refractivity contribution < 1.29 is 9.21 Å². The molecule has 4 aromatic heterocycles. The number of hydrogen-bond donors (Lipinski definition) is 1. The fourth-order valence-electron chi connectivity index (χ4n) is 4.76. The fraction of sp³-hybridized carbons (Fsp3) is 0.280. The molecule has 0 atom stereocenters. The van der Waals surface area contributed by atoms with E-state index in [0.717, 1.165) is 41.0 Å². The maximum absolute atomic E-state index is 13.8. The molecule has 6 rings (SSSR count). The molecule has 1 aromatic carbocycles. The molecule has 1 saturated heterocycles. The number of aromatic nitrogens is 5. The number of hydrogen-bond acceptors (Lipinski definition) is 6.